The van der Waals surface area contributed by atoms with E-state index in [0.717, 1.165) is 0 Å². The number of amides is 1. The zero-order chi connectivity index (χ0) is 21.4. The van der Waals surface area contributed by atoms with Gasteiger partial charge in [-0.15, -0.1) is 0 Å². The molecule has 29 heavy (non-hydrogen) atoms. The molecule has 0 radical (unpaired) electrons. The molecule has 0 fully saturated rings. The molecule has 9 heteroatoms. The minimum absolute atomic E-state index is 0.116. The Hall–Kier alpha value is -3.49. The van der Waals surface area contributed by atoms with E-state index >= 15 is 0 Å². The van der Waals surface area contributed by atoms with E-state index in [9.17, 15) is 14.4 Å². The summed E-state index contributed by atoms with van der Waals surface area (Å²) in [5.41, 5.74) is 0.908. The standard InChI is InChI=1S/C20H24N4O5/c1-5-28-19(26)15(20(27)29-6-2)10-21-17-14-9-13(24-18(25)12(3)4)7-8-16(14)22-11-23-17/h7-12H,5-6H2,1-4H3,(H,24,25)(H,21,22,23). The van der Waals surface area contributed by atoms with Crippen LogP contribution in [-0.2, 0) is 23.9 Å². The lowest BCUT2D eigenvalue weighted by atomic mass is 10.1. The third kappa shape index (κ3) is 5.74. The van der Waals surface area contributed by atoms with E-state index in [4.69, 9.17) is 9.47 Å². The van der Waals surface area contributed by atoms with Crippen molar-refractivity contribution in [2.24, 2.45) is 5.92 Å². The molecular weight excluding hydrogens is 376 g/mol. The first kappa shape index (κ1) is 21.8. The molecule has 1 aromatic heterocycles. The summed E-state index contributed by atoms with van der Waals surface area (Å²) in [6.45, 7) is 7.10. The molecule has 0 aliphatic heterocycles. The first-order valence-electron chi connectivity index (χ1n) is 9.23. The normalized spacial score (nSPS) is 10.4. The van der Waals surface area contributed by atoms with Crippen molar-refractivity contribution < 1.29 is 23.9 Å². The van der Waals surface area contributed by atoms with Gasteiger partial charge in [0.25, 0.3) is 0 Å². The molecule has 0 saturated heterocycles. The summed E-state index contributed by atoms with van der Waals surface area (Å²) in [5, 5.41) is 6.25. The smallest absolute Gasteiger partial charge is 0.347 e. The highest BCUT2D eigenvalue weighted by molar-refractivity contribution is 6.14. The second-order valence-electron chi connectivity index (χ2n) is 6.24. The van der Waals surface area contributed by atoms with Gasteiger partial charge in [-0.2, -0.15) is 0 Å². The van der Waals surface area contributed by atoms with Gasteiger partial charge >= 0.3 is 11.9 Å². The SMILES string of the molecule is CCOC(=O)C(=CNc1ncnc2ccc(NC(=O)C(C)C)cc12)C(=O)OCC. The first-order chi connectivity index (χ1) is 13.9. The number of benzene rings is 1. The van der Waals surface area contributed by atoms with Gasteiger partial charge in [-0.25, -0.2) is 19.6 Å². The number of carbonyl (C=O) groups is 3. The Morgan fingerprint density at radius 2 is 1.72 bits per heavy atom. The fourth-order valence-corrected chi connectivity index (χ4v) is 2.30. The number of esters is 2. The van der Waals surface area contributed by atoms with Crippen LogP contribution in [0.25, 0.3) is 10.9 Å². The van der Waals surface area contributed by atoms with E-state index in [0.29, 0.717) is 22.4 Å². The Morgan fingerprint density at radius 3 is 2.31 bits per heavy atom. The number of nitrogens with one attached hydrogen (secondary N) is 2. The van der Waals surface area contributed by atoms with Crippen LogP contribution in [0.3, 0.4) is 0 Å². The molecule has 0 spiro atoms. The summed E-state index contributed by atoms with van der Waals surface area (Å²) in [4.78, 5) is 44.4. The van der Waals surface area contributed by atoms with Crippen molar-refractivity contribution in [3.8, 4) is 0 Å². The lowest BCUT2D eigenvalue weighted by molar-refractivity contribution is -0.146. The highest BCUT2D eigenvalue weighted by Crippen LogP contribution is 2.24. The topological polar surface area (TPSA) is 120 Å². The molecule has 2 rings (SSSR count). The lowest BCUT2D eigenvalue weighted by Crippen LogP contribution is -2.19. The summed E-state index contributed by atoms with van der Waals surface area (Å²) in [6.07, 6.45) is 2.54. The third-order valence-corrected chi connectivity index (χ3v) is 3.77. The van der Waals surface area contributed by atoms with Gasteiger partial charge in [-0.1, -0.05) is 13.8 Å². The molecule has 154 valence electrons. The Morgan fingerprint density at radius 1 is 1.07 bits per heavy atom. The molecule has 0 atom stereocenters. The molecule has 0 aliphatic carbocycles. The number of aromatic nitrogens is 2. The fraction of sp³-hybridized carbons (Fsp3) is 0.350. The van der Waals surface area contributed by atoms with Gasteiger partial charge < -0.3 is 20.1 Å². The molecule has 1 amide bonds. The number of hydrogen-bond acceptors (Lipinski definition) is 8. The van der Waals surface area contributed by atoms with Crippen LogP contribution in [-0.4, -0.2) is 41.0 Å². The van der Waals surface area contributed by atoms with Crippen molar-refractivity contribution in [1.29, 1.82) is 0 Å². The van der Waals surface area contributed by atoms with E-state index in [2.05, 4.69) is 20.6 Å². The number of hydrogen-bond donors (Lipinski definition) is 2. The van der Waals surface area contributed by atoms with Crippen LogP contribution in [0.4, 0.5) is 11.5 Å². The van der Waals surface area contributed by atoms with Crippen molar-refractivity contribution in [1.82, 2.24) is 9.97 Å². The van der Waals surface area contributed by atoms with Crippen molar-refractivity contribution in [3.05, 3.63) is 36.3 Å². The highest BCUT2D eigenvalue weighted by Gasteiger charge is 2.21. The quantitative estimate of drug-likeness (QED) is 0.300. The van der Waals surface area contributed by atoms with Crippen LogP contribution in [0, 0.1) is 5.92 Å². The predicted octanol–water partition coefficient (Wildman–Crippen LogP) is 2.65. The van der Waals surface area contributed by atoms with Crippen molar-refractivity contribution in [2.75, 3.05) is 23.8 Å². The van der Waals surface area contributed by atoms with E-state index in [1.54, 1.807) is 45.9 Å². The minimum atomic E-state index is -0.804. The van der Waals surface area contributed by atoms with Crippen LogP contribution in [0.2, 0.25) is 0 Å². The molecule has 0 unspecified atom stereocenters. The number of fused-ring (bicyclic) bond motifs is 1. The first-order valence-corrected chi connectivity index (χ1v) is 9.23. The van der Waals surface area contributed by atoms with Gasteiger partial charge in [0.2, 0.25) is 5.91 Å². The van der Waals surface area contributed by atoms with Crippen LogP contribution >= 0.6 is 0 Å². The van der Waals surface area contributed by atoms with E-state index < -0.39 is 11.9 Å². The third-order valence-electron chi connectivity index (χ3n) is 3.77. The Labute approximate surface area is 168 Å². The number of rotatable bonds is 8. The van der Waals surface area contributed by atoms with Crippen LogP contribution in [0.1, 0.15) is 27.7 Å². The largest absolute Gasteiger partial charge is 0.462 e. The molecule has 2 aromatic rings. The number of anilines is 2. The number of carbonyl (C=O) groups excluding carboxylic acids is 3. The zero-order valence-electron chi connectivity index (χ0n) is 16.8. The average molecular weight is 400 g/mol. The van der Waals surface area contributed by atoms with E-state index in [1.165, 1.54) is 12.5 Å². The predicted molar refractivity (Wildman–Crippen MR) is 108 cm³/mol. The van der Waals surface area contributed by atoms with E-state index in [1.807, 2.05) is 0 Å². The van der Waals surface area contributed by atoms with Crippen LogP contribution < -0.4 is 10.6 Å². The van der Waals surface area contributed by atoms with Gasteiger partial charge in [-0.05, 0) is 32.0 Å². The Bertz CT molecular complexity index is 920. The summed E-state index contributed by atoms with van der Waals surface area (Å²) < 4.78 is 9.81. The zero-order valence-corrected chi connectivity index (χ0v) is 16.8. The number of nitrogens with zero attached hydrogens (tertiary/aromatic N) is 2. The van der Waals surface area contributed by atoms with Crippen LogP contribution in [0.15, 0.2) is 36.3 Å². The Kier molecular flexibility index (Phi) is 7.64. The molecule has 1 heterocycles. The molecule has 0 bridgehead atoms. The van der Waals surface area contributed by atoms with Gasteiger partial charge in [-0.3, -0.25) is 4.79 Å². The van der Waals surface area contributed by atoms with E-state index in [-0.39, 0.29) is 30.6 Å². The maximum atomic E-state index is 12.1. The van der Waals surface area contributed by atoms with Gasteiger partial charge in [0, 0.05) is 23.2 Å². The maximum absolute atomic E-state index is 12.1. The van der Waals surface area contributed by atoms with Crippen LogP contribution in [0.5, 0.6) is 0 Å². The maximum Gasteiger partial charge on any atom is 0.347 e. The minimum Gasteiger partial charge on any atom is -0.462 e. The molecular formula is C20H24N4O5. The van der Waals surface area contributed by atoms with Gasteiger partial charge in [0.1, 0.15) is 12.1 Å². The fourth-order valence-electron chi connectivity index (χ4n) is 2.30. The van der Waals surface area contributed by atoms with Gasteiger partial charge in [0.05, 0.1) is 18.7 Å². The summed E-state index contributed by atoms with van der Waals surface area (Å²) >= 11 is 0. The summed E-state index contributed by atoms with van der Waals surface area (Å²) in [5.74, 6) is -1.55. The molecule has 1 aromatic carbocycles. The molecule has 0 saturated carbocycles. The molecule has 2 N–H and O–H groups in total. The molecule has 9 nitrogen and oxygen atoms in total. The summed E-state index contributed by atoms with van der Waals surface area (Å²) in [7, 11) is 0. The molecule has 0 aliphatic rings. The number of ether oxygens (including phenoxy) is 2. The lowest BCUT2D eigenvalue weighted by Gasteiger charge is -2.11. The second-order valence-corrected chi connectivity index (χ2v) is 6.24. The highest BCUT2D eigenvalue weighted by atomic mass is 16.6. The Balaban J connectivity index is 2.37. The second kappa shape index (κ2) is 10.2. The van der Waals surface area contributed by atoms with Crippen molar-refractivity contribution in [3.63, 3.8) is 0 Å². The summed E-state index contributed by atoms with van der Waals surface area (Å²) in [6, 6.07) is 5.18. The monoisotopic (exact) mass is 400 g/mol. The average Bonchev–Trinajstić information content (AvgIpc) is 2.68. The van der Waals surface area contributed by atoms with Gasteiger partial charge in [0.15, 0.2) is 5.57 Å². The van der Waals surface area contributed by atoms with Crippen molar-refractivity contribution in [2.45, 2.75) is 27.7 Å². The van der Waals surface area contributed by atoms with Crippen molar-refractivity contribution >= 4 is 40.3 Å².